The highest BCUT2D eigenvalue weighted by atomic mass is 16.5. The maximum atomic E-state index is 5.96. The van der Waals surface area contributed by atoms with Crippen molar-refractivity contribution in [3.8, 4) is 0 Å². The Labute approximate surface area is 139 Å². The highest BCUT2D eigenvalue weighted by Crippen LogP contribution is 2.32. The Kier molecular flexibility index (Phi) is 7.70. The lowest BCUT2D eigenvalue weighted by Crippen LogP contribution is -2.38. The van der Waals surface area contributed by atoms with E-state index in [9.17, 15) is 0 Å². The van der Waals surface area contributed by atoms with Crippen molar-refractivity contribution in [2.45, 2.75) is 104 Å². The van der Waals surface area contributed by atoms with Crippen molar-refractivity contribution < 1.29 is 4.74 Å². The minimum Gasteiger partial charge on any atom is -0.376 e. The average Bonchev–Trinajstić information content (AvgIpc) is 2.49. The molecule has 1 saturated carbocycles. The molecule has 0 aromatic rings. The summed E-state index contributed by atoms with van der Waals surface area (Å²) in [5, 5.41) is 0. The van der Waals surface area contributed by atoms with E-state index in [0.717, 1.165) is 17.9 Å². The van der Waals surface area contributed by atoms with Crippen molar-refractivity contribution >= 4 is 0 Å². The molecule has 22 heavy (non-hydrogen) atoms. The van der Waals surface area contributed by atoms with Crippen molar-refractivity contribution in [2.24, 2.45) is 11.8 Å². The molecule has 0 N–H and O–H groups in total. The minimum absolute atomic E-state index is 0.401. The van der Waals surface area contributed by atoms with E-state index in [1.807, 2.05) is 0 Å². The summed E-state index contributed by atoms with van der Waals surface area (Å²) in [6, 6.07) is 0.740. The van der Waals surface area contributed by atoms with Gasteiger partial charge in [0.25, 0.3) is 0 Å². The Bertz CT molecular complexity index is 286. The molecule has 2 fully saturated rings. The van der Waals surface area contributed by atoms with Gasteiger partial charge in [0.2, 0.25) is 0 Å². The molecule has 1 aliphatic carbocycles. The number of ether oxygens (including phenoxy) is 1. The standard InChI is InChI=1S/C20H39NO/c1-16(2)21-14-12-19(13-15-21)7-5-6-18-8-10-20(11-9-18)22-17(3)4/h16-20H,5-15H2,1-4H3. The van der Waals surface area contributed by atoms with Gasteiger partial charge in [-0.25, -0.2) is 0 Å². The predicted octanol–water partition coefficient (Wildman–Crippen LogP) is 5.26. The van der Waals surface area contributed by atoms with E-state index in [2.05, 4.69) is 32.6 Å². The van der Waals surface area contributed by atoms with Gasteiger partial charge in [0.1, 0.15) is 0 Å². The molecule has 2 aliphatic rings. The number of hydrogen-bond donors (Lipinski definition) is 0. The summed E-state index contributed by atoms with van der Waals surface area (Å²) in [6.07, 6.45) is 13.7. The SMILES string of the molecule is CC(C)OC1CCC(CCCC2CCN(C(C)C)CC2)CC1. The minimum atomic E-state index is 0.401. The fraction of sp³-hybridized carbons (Fsp3) is 1.00. The smallest absolute Gasteiger partial charge is 0.0578 e. The molecular formula is C20H39NO. The summed E-state index contributed by atoms with van der Waals surface area (Å²) in [7, 11) is 0. The van der Waals surface area contributed by atoms with Gasteiger partial charge in [0.05, 0.1) is 12.2 Å². The Balaban J connectivity index is 1.53. The molecule has 1 aliphatic heterocycles. The van der Waals surface area contributed by atoms with Gasteiger partial charge < -0.3 is 9.64 Å². The summed E-state index contributed by atoms with van der Waals surface area (Å²) in [6.45, 7) is 11.7. The second-order valence-electron chi connectivity index (χ2n) is 8.33. The van der Waals surface area contributed by atoms with E-state index in [-0.39, 0.29) is 0 Å². The summed E-state index contributed by atoms with van der Waals surface area (Å²) < 4.78 is 5.96. The fourth-order valence-electron chi connectivity index (χ4n) is 4.39. The highest BCUT2D eigenvalue weighted by Gasteiger charge is 2.23. The third-order valence-electron chi connectivity index (χ3n) is 5.86. The molecule has 1 heterocycles. The number of nitrogens with zero attached hydrogens (tertiary/aromatic N) is 1. The van der Waals surface area contributed by atoms with Crippen LogP contribution in [-0.4, -0.2) is 36.2 Å². The number of piperidine rings is 1. The van der Waals surface area contributed by atoms with Crippen molar-refractivity contribution in [3.05, 3.63) is 0 Å². The van der Waals surface area contributed by atoms with Crippen molar-refractivity contribution in [2.75, 3.05) is 13.1 Å². The first-order valence-corrected chi connectivity index (χ1v) is 9.94. The van der Waals surface area contributed by atoms with Crippen LogP contribution in [0.3, 0.4) is 0 Å². The summed E-state index contributed by atoms with van der Waals surface area (Å²) in [5.41, 5.74) is 0. The summed E-state index contributed by atoms with van der Waals surface area (Å²) in [4.78, 5) is 2.65. The van der Waals surface area contributed by atoms with Crippen LogP contribution in [0.4, 0.5) is 0 Å². The predicted molar refractivity (Wildman–Crippen MR) is 95.3 cm³/mol. The van der Waals surface area contributed by atoms with Crippen LogP contribution < -0.4 is 0 Å². The van der Waals surface area contributed by atoms with Gasteiger partial charge in [-0.1, -0.05) is 19.3 Å². The monoisotopic (exact) mass is 309 g/mol. The number of likely N-dealkylation sites (tertiary alicyclic amines) is 1. The topological polar surface area (TPSA) is 12.5 Å². The molecule has 0 spiro atoms. The van der Waals surface area contributed by atoms with Gasteiger partial charge in [0.15, 0.2) is 0 Å². The zero-order valence-electron chi connectivity index (χ0n) is 15.5. The van der Waals surface area contributed by atoms with Crippen LogP contribution in [0.5, 0.6) is 0 Å². The molecule has 2 rings (SSSR count). The van der Waals surface area contributed by atoms with E-state index in [1.165, 1.54) is 70.9 Å². The van der Waals surface area contributed by atoms with Crippen LogP contribution in [0.2, 0.25) is 0 Å². The first kappa shape index (κ1) is 18.3. The van der Waals surface area contributed by atoms with E-state index in [1.54, 1.807) is 0 Å². The molecule has 0 bridgehead atoms. The molecule has 0 atom stereocenters. The quantitative estimate of drug-likeness (QED) is 0.636. The molecule has 1 saturated heterocycles. The van der Waals surface area contributed by atoms with Gasteiger partial charge in [-0.05, 0) is 91.1 Å². The van der Waals surface area contributed by atoms with E-state index in [4.69, 9.17) is 4.74 Å². The third-order valence-corrected chi connectivity index (χ3v) is 5.86. The normalized spacial score (nSPS) is 28.6. The Morgan fingerprint density at radius 2 is 1.36 bits per heavy atom. The first-order chi connectivity index (χ1) is 10.5. The largest absolute Gasteiger partial charge is 0.376 e. The molecule has 2 heteroatoms. The lowest BCUT2D eigenvalue weighted by Gasteiger charge is -2.35. The number of rotatable bonds is 7. The molecule has 130 valence electrons. The van der Waals surface area contributed by atoms with E-state index >= 15 is 0 Å². The third kappa shape index (κ3) is 6.20. The van der Waals surface area contributed by atoms with Crippen LogP contribution in [0.1, 0.15) is 85.5 Å². The van der Waals surface area contributed by atoms with Crippen LogP contribution >= 0.6 is 0 Å². The molecule has 0 aromatic heterocycles. The van der Waals surface area contributed by atoms with Crippen molar-refractivity contribution in [1.82, 2.24) is 4.90 Å². The van der Waals surface area contributed by atoms with Gasteiger partial charge in [-0.3, -0.25) is 0 Å². The number of hydrogen-bond acceptors (Lipinski definition) is 2. The van der Waals surface area contributed by atoms with E-state index < -0.39 is 0 Å². The maximum Gasteiger partial charge on any atom is 0.0578 e. The van der Waals surface area contributed by atoms with Crippen LogP contribution in [0.15, 0.2) is 0 Å². The van der Waals surface area contributed by atoms with Crippen LogP contribution in [0.25, 0.3) is 0 Å². The van der Waals surface area contributed by atoms with Gasteiger partial charge in [-0.15, -0.1) is 0 Å². The van der Waals surface area contributed by atoms with Gasteiger partial charge in [-0.2, -0.15) is 0 Å². The second kappa shape index (κ2) is 9.27. The van der Waals surface area contributed by atoms with E-state index in [0.29, 0.717) is 12.2 Å². The zero-order valence-corrected chi connectivity index (χ0v) is 15.5. The Hall–Kier alpha value is -0.0800. The van der Waals surface area contributed by atoms with Gasteiger partial charge in [0, 0.05) is 6.04 Å². The first-order valence-electron chi connectivity index (χ1n) is 9.94. The maximum absolute atomic E-state index is 5.96. The molecule has 2 nitrogen and oxygen atoms in total. The molecule has 0 radical (unpaired) electrons. The lowest BCUT2D eigenvalue weighted by molar-refractivity contribution is -0.0204. The molecular weight excluding hydrogens is 270 g/mol. The second-order valence-corrected chi connectivity index (χ2v) is 8.33. The van der Waals surface area contributed by atoms with Crippen LogP contribution in [0, 0.1) is 11.8 Å². The molecule has 0 unspecified atom stereocenters. The average molecular weight is 310 g/mol. The summed E-state index contributed by atoms with van der Waals surface area (Å²) in [5.74, 6) is 2.00. The Morgan fingerprint density at radius 1 is 0.818 bits per heavy atom. The lowest BCUT2D eigenvalue weighted by atomic mass is 9.82. The zero-order chi connectivity index (χ0) is 15.9. The van der Waals surface area contributed by atoms with Crippen LogP contribution in [-0.2, 0) is 4.74 Å². The highest BCUT2D eigenvalue weighted by molar-refractivity contribution is 4.76. The summed E-state index contributed by atoms with van der Waals surface area (Å²) >= 11 is 0. The Morgan fingerprint density at radius 3 is 1.86 bits per heavy atom. The van der Waals surface area contributed by atoms with Crippen molar-refractivity contribution in [1.29, 1.82) is 0 Å². The van der Waals surface area contributed by atoms with Gasteiger partial charge >= 0.3 is 0 Å². The molecule has 0 aromatic carbocycles. The fourth-order valence-corrected chi connectivity index (χ4v) is 4.39. The van der Waals surface area contributed by atoms with Crippen molar-refractivity contribution in [3.63, 3.8) is 0 Å². The molecule has 0 amide bonds.